The van der Waals surface area contributed by atoms with Gasteiger partial charge in [-0.15, -0.1) is 5.10 Å². The summed E-state index contributed by atoms with van der Waals surface area (Å²) in [7, 11) is 0. The molecule has 2 aromatic heterocycles. The summed E-state index contributed by atoms with van der Waals surface area (Å²) in [6, 6.07) is 3.01. The van der Waals surface area contributed by atoms with Crippen molar-refractivity contribution in [1.29, 1.82) is 0 Å². The van der Waals surface area contributed by atoms with Gasteiger partial charge in [0.2, 0.25) is 11.8 Å². The third kappa shape index (κ3) is 3.13. The molecule has 3 aromatic rings. The van der Waals surface area contributed by atoms with Crippen molar-refractivity contribution in [2.45, 2.75) is 32.5 Å². The third-order valence-electron chi connectivity index (χ3n) is 3.16. The third-order valence-corrected chi connectivity index (χ3v) is 3.16. The van der Waals surface area contributed by atoms with E-state index in [0.717, 1.165) is 23.2 Å². The summed E-state index contributed by atoms with van der Waals surface area (Å²) < 4.78 is 49.3. The molecule has 0 fully saturated rings. The lowest BCUT2D eigenvalue weighted by molar-refractivity contribution is -0.137. The lowest BCUT2D eigenvalue weighted by Crippen LogP contribution is -2.16. The molecule has 0 aliphatic rings. The van der Waals surface area contributed by atoms with Gasteiger partial charge in [-0.1, -0.05) is 6.92 Å². The molecule has 0 N–H and O–H groups in total. The number of oxazole rings is 1. The van der Waals surface area contributed by atoms with Gasteiger partial charge < -0.3 is 8.83 Å². The Balaban J connectivity index is 1.90. The van der Waals surface area contributed by atoms with Crippen LogP contribution in [-0.4, -0.2) is 14.8 Å². The first-order valence-electron chi connectivity index (χ1n) is 6.90. The summed E-state index contributed by atoms with van der Waals surface area (Å²) in [5, 5.41) is 3.98. The summed E-state index contributed by atoms with van der Waals surface area (Å²) in [6.45, 7) is 1.81. The van der Waals surface area contributed by atoms with Gasteiger partial charge in [0.05, 0.1) is 5.56 Å². The number of benzene rings is 1. The molecule has 0 radical (unpaired) electrons. The van der Waals surface area contributed by atoms with Crippen molar-refractivity contribution in [3.8, 4) is 0 Å². The molecule has 0 aliphatic carbocycles. The van der Waals surface area contributed by atoms with Crippen molar-refractivity contribution in [3.63, 3.8) is 0 Å². The number of aryl methyl sites for hydroxylation is 1. The van der Waals surface area contributed by atoms with Gasteiger partial charge in [-0.25, -0.2) is 9.78 Å². The van der Waals surface area contributed by atoms with E-state index in [9.17, 15) is 18.0 Å². The molecule has 0 saturated carbocycles. The quantitative estimate of drug-likeness (QED) is 0.736. The largest absolute Gasteiger partial charge is 0.439 e. The Hall–Kier alpha value is -2.58. The molecule has 0 aliphatic heterocycles. The average Bonchev–Trinajstić information content (AvgIpc) is 3.01. The van der Waals surface area contributed by atoms with Crippen LogP contribution >= 0.6 is 0 Å². The number of rotatable bonds is 4. The van der Waals surface area contributed by atoms with Gasteiger partial charge in [0, 0.05) is 6.42 Å². The molecule has 6 nitrogen and oxygen atoms in total. The maximum Gasteiger partial charge on any atom is 0.437 e. The number of aromatic nitrogens is 3. The Labute approximate surface area is 127 Å². The van der Waals surface area contributed by atoms with Crippen LogP contribution in [0.15, 0.2) is 31.8 Å². The molecule has 0 atom stereocenters. The first-order valence-corrected chi connectivity index (χ1v) is 6.90. The van der Waals surface area contributed by atoms with Gasteiger partial charge in [-0.3, -0.25) is 0 Å². The van der Waals surface area contributed by atoms with E-state index in [1.54, 1.807) is 0 Å². The number of fused-ring (bicyclic) bond motifs is 1. The fourth-order valence-corrected chi connectivity index (χ4v) is 2.11. The van der Waals surface area contributed by atoms with Gasteiger partial charge in [0.1, 0.15) is 12.1 Å². The van der Waals surface area contributed by atoms with Crippen LogP contribution in [0.1, 0.15) is 30.7 Å². The van der Waals surface area contributed by atoms with Gasteiger partial charge in [-0.2, -0.15) is 17.9 Å². The monoisotopic (exact) mass is 327 g/mol. The van der Waals surface area contributed by atoms with E-state index in [-0.39, 0.29) is 23.5 Å². The van der Waals surface area contributed by atoms with Crippen LogP contribution in [0.25, 0.3) is 11.1 Å². The predicted molar refractivity (Wildman–Crippen MR) is 72.9 cm³/mol. The molecule has 0 amide bonds. The van der Waals surface area contributed by atoms with Crippen LogP contribution in [-0.2, 0) is 19.1 Å². The highest BCUT2D eigenvalue weighted by Gasteiger charge is 2.31. The molecule has 0 unspecified atom stereocenters. The lowest BCUT2D eigenvalue weighted by Gasteiger charge is -2.04. The topological polar surface area (TPSA) is 74.1 Å². The normalized spacial score (nSPS) is 12.2. The van der Waals surface area contributed by atoms with Crippen LogP contribution in [0.4, 0.5) is 13.2 Å². The zero-order chi connectivity index (χ0) is 16.6. The number of alkyl halides is 3. The van der Waals surface area contributed by atoms with Crippen molar-refractivity contribution < 1.29 is 22.0 Å². The standard InChI is InChI=1S/C14H12F3N3O3/c1-2-3-11-19-20(13(21)23-11)7-12-18-9-6-8(14(15,16)17)4-5-10(9)22-12/h4-6H,2-3,7H2,1H3. The highest BCUT2D eigenvalue weighted by Crippen LogP contribution is 2.31. The molecule has 23 heavy (non-hydrogen) atoms. The molecule has 0 saturated heterocycles. The van der Waals surface area contributed by atoms with E-state index >= 15 is 0 Å². The molecule has 2 heterocycles. The molecular formula is C14H12F3N3O3. The van der Waals surface area contributed by atoms with Crippen molar-refractivity contribution in [3.05, 3.63) is 46.1 Å². The van der Waals surface area contributed by atoms with Crippen molar-refractivity contribution in [2.24, 2.45) is 0 Å². The van der Waals surface area contributed by atoms with E-state index in [0.29, 0.717) is 12.3 Å². The molecular weight excluding hydrogens is 315 g/mol. The zero-order valence-electron chi connectivity index (χ0n) is 12.1. The smallest absolute Gasteiger partial charge is 0.437 e. The highest BCUT2D eigenvalue weighted by molar-refractivity contribution is 5.73. The number of hydrogen-bond acceptors (Lipinski definition) is 5. The van der Waals surface area contributed by atoms with E-state index in [1.165, 1.54) is 6.07 Å². The zero-order valence-corrected chi connectivity index (χ0v) is 12.1. The molecule has 0 bridgehead atoms. The van der Waals surface area contributed by atoms with Gasteiger partial charge in [-0.05, 0) is 24.6 Å². The van der Waals surface area contributed by atoms with Crippen LogP contribution in [0.2, 0.25) is 0 Å². The van der Waals surface area contributed by atoms with Crippen molar-refractivity contribution in [1.82, 2.24) is 14.8 Å². The molecule has 1 aromatic carbocycles. The first-order chi connectivity index (χ1) is 10.9. The van der Waals surface area contributed by atoms with Crippen LogP contribution < -0.4 is 5.76 Å². The molecule has 0 spiro atoms. The second kappa shape index (κ2) is 5.56. The maximum atomic E-state index is 12.7. The first kappa shape index (κ1) is 15.3. The summed E-state index contributed by atoms with van der Waals surface area (Å²) >= 11 is 0. The Kier molecular flexibility index (Phi) is 3.70. The second-order valence-corrected chi connectivity index (χ2v) is 4.96. The second-order valence-electron chi connectivity index (χ2n) is 4.96. The Bertz CT molecular complexity index is 892. The van der Waals surface area contributed by atoms with Crippen LogP contribution in [0, 0.1) is 0 Å². The van der Waals surface area contributed by atoms with E-state index in [1.807, 2.05) is 6.92 Å². The number of hydrogen-bond donors (Lipinski definition) is 0. The SMILES string of the molecule is CCCc1nn(Cc2nc3cc(C(F)(F)F)ccc3o2)c(=O)o1. The fraction of sp³-hybridized carbons (Fsp3) is 0.357. The molecule has 9 heteroatoms. The summed E-state index contributed by atoms with van der Waals surface area (Å²) in [5.41, 5.74) is -0.535. The Morgan fingerprint density at radius 1 is 1.22 bits per heavy atom. The van der Waals surface area contributed by atoms with Crippen LogP contribution in [0.3, 0.4) is 0 Å². The highest BCUT2D eigenvalue weighted by atomic mass is 19.4. The molecule has 122 valence electrons. The van der Waals surface area contributed by atoms with Crippen LogP contribution in [0.5, 0.6) is 0 Å². The van der Waals surface area contributed by atoms with Crippen molar-refractivity contribution in [2.75, 3.05) is 0 Å². The fourth-order valence-electron chi connectivity index (χ4n) is 2.11. The number of halogens is 3. The van der Waals surface area contributed by atoms with E-state index in [4.69, 9.17) is 8.83 Å². The van der Waals surface area contributed by atoms with Crippen molar-refractivity contribution >= 4 is 11.1 Å². The lowest BCUT2D eigenvalue weighted by atomic mass is 10.2. The maximum absolute atomic E-state index is 12.7. The Morgan fingerprint density at radius 3 is 2.70 bits per heavy atom. The minimum atomic E-state index is -4.45. The summed E-state index contributed by atoms with van der Waals surface area (Å²) in [4.78, 5) is 15.6. The minimum Gasteiger partial charge on any atom is -0.439 e. The van der Waals surface area contributed by atoms with Gasteiger partial charge in [0.15, 0.2) is 5.58 Å². The van der Waals surface area contributed by atoms with E-state index < -0.39 is 17.5 Å². The van der Waals surface area contributed by atoms with E-state index in [2.05, 4.69) is 10.1 Å². The van der Waals surface area contributed by atoms with Gasteiger partial charge in [0.25, 0.3) is 0 Å². The molecule has 3 rings (SSSR count). The summed E-state index contributed by atoms with van der Waals surface area (Å²) in [6.07, 6.45) is -3.17. The predicted octanol–water partition coefficient (Wildman–Crippen LogP) is 3.00. The minimum absolute atomic E-state index is 0.0696. The average molecular weight is 327 g/mol. The van der Waals surface area contributed by atoms with Gasteiger partial charge >= 0.3 is 11.9 Å². The number of nitrogens with zero attached hydrogens (tertiary/aromatic N) is 3. The Morgan fingerprint density at radius 2 is 2.00 bits per heavy atom. The summed E-state index contributed by atoms with van der Waals surface area (Å²) in [5.74, 6) is -0.280.